The summed E-state index contributed by atoms with van der Waals surface area (Å²) in [5, 5.41) is 6.80. The first-order chi connectivity index (χ1) is 3.93. The summed E-state index contributed by atoms with van der Waals surface area (Å²) >= 11 is 0. The lowest BCUT2D eigenvalue weighted by atomic mass is 10.1. The van der Waals surface area contributed by atoms with Gasteiger partial charge in [-0.05, 0) is 24.4 Å². The van der Waals surface area contributed by atoms with E-state index in [9.17, 15) is 4.91 Å². The fourth-order valence-electron chi connectivity index (χ4n) is 0.856. The number of hydrogen-bond donors (Lipinski definition) is 0. The van der Waals surface area contributed by atoms with Gasteiger partial charge in [0, 0.05) is 6.54 Å². The van der Waals surface area contributed by atoms with Gasteiger partial charge in [0.05, 0.1) is 0 Å². The van der Waals surface area contributed by atoms with E-state index < -0.39 is 0 Å². The molecule has 0 aliphatic carbocycles. The molecule has 0 spiro atoms. The molecule has 0 aromatic rings. The summed E-state index contributed by atoms with van der Waals surface area (Å²) in [4.78, 5) is 9.82. The summed E-state index contributed by atoms with van der Waals surface area (Å²) in [7, 11) is 0. The Morgan fingerprint density at radius 2 is 2.38 bits per heavy atom. The van der Waals surface area contributed by atoms with Crippen molar-refractivity contribution in [3.05, 3.63) is 4.91 Å². The van der Waals surface area contributed by atoms with Crippen molar-refractivity contribution >= 4 is 0 Å². The number of nitrogens with zero attached hydrogens (tertiary/aromatic N) is 2. The third kappa shape index (κ3) is 1.26. The van der Waals surface area contributed by atoms with Crippen LogP contribution in [0.3, 0.4) is 0 Å². The van der Waals surface area contributed by atoms with Gasteiger partial charge in [0.15, 0.2) is 6.17 Å². The van der Waals surface area contributed by atoms with Crippen molar-refractivity contribution in [1.82, 2.24) is 5.32 Å². The van der Waals surface area contributed by atoms with Crippen molar-refractivity contribution in [1.29, 1.82) is 0 Å². The molecule has 1 radical (unpaired) electrons. The Hall–Kier alpha value is -0.440. The lowest BCUT2D eigenvalue weighted by Crippen LogP contribution is -2.24. The Balaban J connectivity index is 2.22. The molecule has 1 unspecified atom stereocenters. The van der Waals surface area contributed by atoms with E-state index in [4.69, 9.17) is 0 Å². The van der Waals surface area contributed by atoms with Crippen molar-refractivity contribution < 1.29 is 0 Å². The van der Waals surface area contributed by atoms with Gasteiger partial charge in [0.25, 0.3) is 0 Å². The SMILES string of the molecule is O=NC1CCCC[N]1. The summed E-state index contributed by atoms with van der Waals surface area (Å²) in [5.41, 5.74) is 0. The third-order valence-corrected chi connectivity index (χ3v) is 1.33. The zero-order chi connectivity index (χ0) is 5.82. The number of hydrogen-bond acceptors (Lipinski definition) is 2. The van der Waals surface area contributed by atoms with Crippen LogP contribution in [0.4, 0.5) is 0 Å². The predicted octanol–water partition coefficient (Wildman–Crippen LogP) is 0.867. The average Bonchev–Trinajstić information content (AvgIpc) is 1.90. The highest BCUT2D eigenvalue weighted by molar-refractivity contribution is 4.67. The highest BCUT2D eigenvalue weighted by Gasteiger charge is 2.12. The molecule has 0 aromatic heterocycles. The quantitative estimate of drug-likeness (QED) is 0.465. The second-order valence-corrected chi connectivity index (χ2v) is 1.99. The maximum Gasteiger partial charge on any atom is 0.157 e. The van der Waals surface area contributed by atoms with E-state index in [0.717, 1.165) is 25.8 Å². The van der Waals surface area contributed by atoms with Crippen molar-refractivity contribution in [3.8, 4) is 0 Å². The smallest absolute Gasteiger partial charge is 0.157 e. The van der Waals surface area contributed by atoms with E-state index in [-0.39, 0.29) is 6.17 Å². The van der Waals surface area contributed by atoms with Gasteiger partial charge in [-0.15, -0.1) is 4.91 Å². The van der Waals surface area contributed by atoms with Gasteiger partial charge < -0.3 is 0 Å². The van der Waals surface area contributed by atoms with Crippen LogP contribution < -0.4 is 5.32 Å². The minimum absolute atomic E-state index is 0.219. The molecule has 8 heavy (non-hydrogen) atoms. The topological polar surface area (TPSA) is 43.5 Å². The van der Waals surface area contributed by atoms with Gasteiger partial charge in [-0.2, -0.15) is 0 Å². The highest BCUT2D eigenvalue weighted by atomic mass is 16.3. The Bertz CT molecular complexity index is 78.5. The largest absolute Gasteiger partial charge is 0.212 e. The van der Waals surface area contributed by atoms with Gasteiger partial charge in [-0.25, -0.2) is 5.32 Å². The molecule has 0 saturated carbocycles. The minimum atomic E-state index is -0.219. The number of piperidine rings is 1. The van der Waals surface area contributed by atoms with Crippen LogP contribution >= 0.6 is 0 Å². The van der Waals surface area contributed by atoms with Crippen LogP contribution in [-0.2, 0) is 0 Å². The summed E-state index contributed by atoms with van der Waals surface area (Å²) in [6.07, 6.45) is 2.89. The molecule has 0 N–H and O–H groups in total. The standard InChI is InChI=1S/C5H9N2O/c8-7-5-3-1-2-4-6-5/h5H,1-4H2. The highest BCUT2D eigenvalue weighted by Crippen LogP contribution is 2.08. The Labute approximate surface area is 48.4 Å². The molecule has 1 atom stereocenters. The van der Waals surface area contributed by atoms with Crippen LogP contribution in [0.25, 0.3) is 0 Å². The molecule has 45 valence electrons. The first-order valence-electron chi connectivity index (χ1n) is 2.92. The normalized spacial score (nSPS) is 29.8. The molecular formula is C5H9N2O. The van der Waals surface area contributed by atoms with E-state index in [1.54, 1.807) is 0 Å². The molecule has 0 aromatic carbocycles. The molecule has 1 aliphatic rings. The second kappa shape index (κ2) is 2.77. The lowest BCUT2D eigenvalue weighted by molar-refractivity contribution is 0.402. The van der Waals surface area contributed by atoms with Gasteiger partial charge >= 0.3 is 0 Å². The zero-order valence-electron chi connectivity index (χ0n) is 4.71. The molecule has 1 saturated heterocycles. The zero-order valence-corrected chi connectivity index (χ0v) is 4.71. The Morgan fingerprint density at radius 1 is 1.50 bits per heavy atom. The van der Waals surface area contributed by atoms with Crippen LogP contribution in [0.1, 0.15) is 19.3 Å². The van der Waals surface area contributed by atoms with Gasteiger partial charge in [-0.3, -0.25) is 0 Å². The number of nitroso groups, excluding NO2 is 1. The minimum Gasteiger partial charge on any atom is -0.212 e. The van der Waals surface area contributed by atoms with Crippen LogP contribution in [0.15, 0.2) is 5.18 Å². The molecule has 0 bridgehead atoms. The lowest BCUT2D eigenvalue weighted by Gasteiger charge is -2.13. The van der Waals surface area contributed by atoms with E-state index in [1.165, 1.54) is 0 Å². The fourth-order valence-corrected chi connectivity index (χ4v) is 0.856. The Kier molecular flexibility index (Phi) is 1.97. The molecule has 1 aliphatic heterocycles. The van der Waals surface area contributed by atoms with Crippen molar-refractivity contribution in [3.63, 3.8) is 0 Å². The van der Waals surface area contributed by atoms with Crippen LogP contribution in [0.2, 0.25) is 0 Å². The van der Waals surface area contributed by atoms with Crippen LogP contribution in [-0.4, -0.2) is 12.7 Å². The molecule has 0 amide bonds. The van der Waals surface area contributed by atoms with E-state index in [0.29, 0.717) is 0 Å². The molecule has 1 heterocycles. The maximum atomic E-state index is 9.82. The van der Waals surface area contributed by atoms with E-state index in [1.807, 2.05) is 0 Å². The summed E-state index contributed by atoms with van der Waals surface area (Å²) in [6, 6.07) is 0. The molecule has 3 heteroatoms. The van der Waals surface area contributed by atoms with Gasteiger partial charge in [-0.1, -0.05) is 0 Å². The number of rotatable bonds is 1. The average molecular weight is 113 g/mol. The van der Waals surface area contributed by atoms with Crippen LogP contribution in [0.5, 0.6) is 0 Å². The maximum absolute atomic E-state index is 9.82. The molecule has 3 nitrogen and oxygen atoms in total. The van der Waals surface area contributed by atoms with Crippen molar-refractivity contribution in [2.75, 3.05) is 6.54 Å². The van der Waals surface area contributed by atoms with Crippen LogP contribution in [0, 0.1) is 4.91 Å². The first kappa shape index (κ1) is 5.69. The van der Waals surface area contributed by atoms with E-state index in [2.05, 4.69) is 10.5 Å². The van der Waals surface area contributed by atoms with Gasteiger partial charge in [0.1, 0.15) is 0 Å². The second-order valence-electron chi connectivity index (χ2n) is 1.99. The fraction of sp³-hybridized carbons (Fsp3) is 1.00. The monoisotopic (exact) mass is 113 g/mol. The molecule has 1 fully saturated rings. The predicted molar refractivity (Wildman–Crippen MR) is 30.4 cm³/mol. The summed E-state index contributed by atoms with van der Waals surface area (Å²) in [6.45, 7) is 0.830. The molecular weight excluding hydrogens is 104 g/mol. The van der Waals surface area contributed by atoms with Crippen molar-refractivity contribution in [2.45, 2.75) is 25.4 Å². The first-order valence-corrected chi connectivity index (χ1v) is 2.92. The van der Waals surface area contributed by atoms with Crippen molar-refractivity contribution in [2.24, 2.45) is 5.18 Å². The van der Waals surface area contributed by atoms with E-state index >= 15 is 0 Å². The Morgan fingerprint density at radius 3 is 2.75 bits per heavy atom. The van der Waals surface area contributed by atoms with Gasteiger partial charge in [0.2, 0.25) is 0 Å². The third-order valence-electron chi connectivity index (χ3n) is 1.33. The summed E-state index contributed by atoms with van der Waals surface area (Å²) < 4.78 is 0. The summed E-state index contributed by atoms with van der Waals surface area (Å²) in [5.74, 6) is 0. The molecule has 1 rings (SSSR count).